The zero-order valence-corrected chi connectivity index (χ0v) is 28.5. The minimum Gasteiger partial charge on any atom is -0.481 e. The highest BCUT2D eigenvalue weighted by Gasteiger charge is 2.41. The van der Waals surface area contributed by atoms with Gasteiger partial charge in [-0.15, -0.1) is 0 Å². The van der Waals surface area contributed by atoms with E-state index in [0.717, 1.165) is 76.3 Å². The fourth-order valence-corrected chi connectivity index (χ4v) is 7.33. The van der Waals surface area contributed by atoms with Crippen LogP contribution in [0.25, 0.3) is 33.2 Å². The second kappa shape index (κ2) is 14.0. The van der Waals surface area contributed by atoms with Crippen molar-refractivity contribution in [2.45, 2.75) is 57.8 Å². The minimum absolute atomic E-state index is 0.0868. The van der Waals surface area contributed by atoms with E-state index in [-0.39, 0.29) is 22.8 Å². The van der Waals surface area contributed by atoms with E-state index in [1.165, 1.54) is 0 Å². The highest BCUT2D eigenvalue weighted by atomic mass is 16.5. The molecule has 0 saturated carbocycles. The van der Waals surface area contributed by atoms with Crippen molar-refractivity contribution < 1.29 is 18.7 Å². The number of hydrogen-bond donors (Lipinski definition) is 1. The number of methoxy groups -OCH3 is 1. The Morgan fingerprint density at radius 1 is 1.10 bits per heavy atom. The molecule has 2 saturated heterocycles. The van der Waals surface area contributed by atoms with Gasteiger partial charge in [-0.3, -0.25) is 9.59 Å². The molecule has 6 heterocycles. The molecule has 1 amide bonds. The predicted octanol–water partition coefficient (Wildman–Crippen LogP) is 5.90. The van der Waals surface area contributed by atoms with Crippen molar-refractivity contribution in [1.29, 1.82) is 0 Å². The molecule has 0 aliphatic carbocycles. The summed E-state index contributed by atoms with van der Waals surface area (Å²) in [5.41, 5.74) is 4.33. The molecule has 11 nitrogen and oxygen atoms in total. The summed E-state index contributed by atoms with van der Waals surface area (Å²) in [5.74, 6) is 2.33. The normalized spacial score (nSPS) is 19.6. The highest BCUT2D eigenvalue weighted by Crippen LogP contribution is 2.40. The highest BCUT2D eigenvalue weighted by molar-refractivity contribution is 6.05. The van der Waals surface area contributed by atoms with E-state index >= 15 is 0 Å². The number of rotatable bonds is 11. The number of amides is 1. The number of piperidine rings is 1. The number of fused-ring (bicyclic) bond motifs is 3. The van der Waals surface area contributed by atoms with Crippen LogP contribution in [0.5, 0.6) is 5.88 Å². The van der Waals surface area contributed by atoms with Gasteiger partial charge in [0.05, 0.1) is 13.7 Å². The second-order valence-corrected chi connectivity index (χ2v) is 13.5. The fourth-order valence-electron chi connectivity index (χ4n) is 7.33. The zero-order valence-electron chi connectivity index (χ0n) is 28.5. The number of carbonyl (C=O) groups is 1. The SMILES string of the molecule is COc1ncccc1-c1c[nH]c(=O)c(C2(C)CCN(C(=O)CCCOCCc3nc(N4CCCC4)c4oc5ccccc5c4n3)CC2C)c1. The topological polar surface area (TPSA) is 127 Å². The number of nitrogens with zero attached hydrogens (tertiary/aromatic N) is 5. The Morgan fingerprint density at radius 3 is 2.76 bits per heavy atom. The zero-order chi connectivity index (χ0) is 34.0. The molecule has 0 bridgehead atoms. The number of anilines is 1. The van der Waals surface area contributed by atoms with Crippen LogP contribution in [0.3, 0.4) is 0 Å². The van der Waals surface area contributed by atoms with Crippen LogP contribution in [0, 0.1) is 5.92 Å². The van der Waals surface area contributed by atoms with Crippen LogP contribution in [-0.2, 0) is 21.4 Å². The molecule has 2 aliphatic rings. The van der Waals surface area contributed by atoms with E-state index in [4.69, 9.17) is 23.9 Å². The van der Waals surface area contributed by atoms with E-state index in [9.17, 15) is 9.59 Å². The summed E-state index contributed by atoms with van der Waals surface area (Å²) in [5, 5.41) is 0.999. The number of nitrogens with one attached hydrogen (secondary N) is 1. The van der Waals surface area contributed by atoms with Crippen molar-refractivity contribution in [2.75, 3.05) is 51.4 Å². The van der Waals surface area contributed by atoms with Crippen molar-refractivity contribution in [1.82, 2.24) is 24.8 Å². The number of carbonyl (C=O) groups excluding carboxylic acids is 1. The Morgan fingerprint density at radius 2 is 1.94 bits per heavy atom. The molecule has 2 atom stereocenters. The molecule has 4 aromatic heterocycles. The van der Waals surface area contributed by atoms with Gasteiger partial charge in [0.2, 0.25) is 11.8 Å². The number of para-hydroxylation sites is 1. The van der Waals surface area contributed by atoms with Gasteiger partial charge < -0.3 is 28.7 Å². The Balaban J connectivity index is 0.924. The molecule has 5 aromatic rings. The maximum absolute atomic E-state index is 13.2. The molecule has 1 N–H and O–H groups in total. The molecule has 0 spiro atoms. The minimum atomic E-state index is -0.387. The maximum atomic E-state index is 13.2. The summed E-state index contributed by atoms with van der Waals surface area (Å²) < 4.78 is 17.6. The maximum Gasteiger partial charge on any atom is 0.251 e. The summed E-state index contributed by atoms with van der Waals surface area (Å²) in [6.07, 6.45) is 8.02. The smallest absolute Gasteiger partial charge is 0.251 e. The van der Waals surface area contributed by atoms with Crippen LogP contribution in [0.4, 0.5) is 5.82 Å². The number of aromatic amines is 1. The number of furan rings is 1. The van der Waals surface area contributed by atoms with Gasteiger partial charge in [-0.1, -0.05) is 26.0 Å². The van der Waals surface area contributed by atoms with Crippen LogP contribution < -0.4 is 15.2 Å². The third kappa shape index (κ3) is 6.51. The van der Waals surface area contributed by atoms with Crippen LogP contribution in [-0.4, -0.2) is 77.2 Å². The van der Waals surface area contributed by atoms with Crippen LogP contribution in [0.1, 0.15) is 57.3 Å². The average Bonchev–Trinajstić information content (AvgIpc) is 3.80. The quantitative estimate of drug-likeness (QED) is 0.172. The lowest BCUT2D eigenvalue weighted by Crippen LogP contribution is -2.51. The lowest BCUT2D eigenvalue weighted by Gasteiger charge is -2.44. The van der Waals surface area contributed by atoms with Crippen LogP contribution in [0.15, 0.2) is 64.1 Å². The van der Waals surface area contributed by atoms with Gasteiger partial charge in [0.25, 0.3) is 5.56 Å². The van der Waals surface area contributed by atoms with Gasteiger partial charge in [-0.05, 0) is 61.9 Å². The molecule has 11 heteroatoms. The Bertz CT molecular complexity index is 2020. The van der Waals surface area contributed by atoms with Gasteiger partial charge in [-0.2, -0.15) is 0 Å². The Kier molecular flexibility index (Phi) is 9.35. The summed E-state index contributed by atoms with van der Waals surface area (Å²) >= 11 is 0. The molecule has 7 rings (SSSR count). The van der Waals surface area contributed by atoms with Crippen molar-refractivity contribution in [2.24, 2.45) is 5.92 Å². The number of ether oxygens (including phenoxy) is 2. The molecule has 2 fully saturated rings. The third-order valence-corrected chi connectivity index (χ3v) is 10.4. The van der Waals surface area contributed by atoms with E-state index in [2.05, 4.69) is 28.7 Å². The fraction of sp³-hybridized carbons (Fsp3) is 0.447. The number of aromatic nitrogens is 4. The number of benzene rings is 1. The average molecular weight is 665 g/mol. The van der Waals surface area contributed by atoms with E-state index in [1.807, 2.05) is 47.4 Å². The van der Waals surface area contributed by atoms with Gasteiger partial charge in [0.1, 0.15) is 16.9 Å². The van der Waals surface area contributed by atoms with Crippen molar-refractivity contribution in [3.63, 3.8) is 0 Å². The van der Waals surface area contributed by atoms with Crippen molar-refractivity contribution >= 4 is 33.8 Å². The summed E-state index contributed by atoms with van der Waals surface area (Å²) in [6.45, 7) is 8.35. The number of pyridine rings is 2. The molecule has 2 unspecified atom stereocenters. The first-order chi connectivity index (χ1) is 23.9. The third-order valence-electron chi connectivity index (χ3n) is 10.4. The van der Waals surface area contributed by atoms with Gasteiger partial charge >= 0.3 is 0 Å². The van der Waals surface area contributed by atoms with E-state index in [0.29, 0.717) is 57.9 Å². The van der Waals surface area contributed by atoms with E-state index < -0.39 is 0 Å². The molecular formula is C38H44N6O5. The predicted molar refractivity (Wildman–Crippen MR) is 189 cm³/mol. The standard InChI is InChI=1S/C38H44N6O5/c1-25-24-44(19-15-38(25,2)29-22-26(23-40-36(29)46)27-11-8-16-39-37(27)47-3)32(45)13-9-20-48-21-14-31-41-33-28-10-4-5-12-30(28)49-34(33)35(42-31)43-17-6-7-18-43/h4-5,8,10-12,16,22-23,25H,6-7,9,13-15,17-21,24H2,1-3H3,(H,40,46). The van der Waals surface area contributed by atoms with Crippen LogP contribution >= 0.6 is 0 Å². The number of likely N-dealkylation sites (tertiary alicyclic amines) is 1. The van der Waals surface area contributed by atoms with Crippen LogP contribution in [0.2, 0.25) is 0 Å². The first-order valence-electron chi connectivity index (χ1n) is 17.4. The first kappa shape index (κ1) is 32.8. The second-order valence-electron chi connectivity index (χ2n) is 13.5. The van der Waals surface area contributed by atoms with Gasteiger partial charge in [0, 0.05) is 85.5 Å². The van der Waals surface area contributed by atoms with Gasteiger partial charge in [0.15, 0.2) is 11.4 Å². The largest absolute Gasteiger partial charge is 0.481 e. The summed E-state index contributed by atoms with van der Waals surface area (Å²) in [6, 6.07) is 13.7. The lowest BCUT2D eigenvalue weighted by molar-refractivity contribution is -0.134. The lowest BCUT2D eigenvalue weighted by atomic mass is 9.68. The molecular weight excluding hydrogens is 620 g/mol. The number of H-pyrrole nitrogens is 1. The molecule has 2 aliphatic heterocycles. The Labute approximate surface area is 285 Å². The van der Waals surface area contributed by atoms with Crippen molar-refractivity contribution in [3.8, 4) is 17.0 Å². The molecule has 1 aromatic carbocycles. The molecule has 256 valence electrons. The van der Waals surface area contributed by atoms with Gasteiger partial charge in [-0.25, -0.2) is 15.0 Å². The first-order valence-corrected chi connectivity index (χ1v) is 17.4. The summed E-state index contributed by atoms with van der Waals surface area (Å²) in [4.78, 5) is 47.6. The number of hydrogen-bond acceptors (Lipinski definition) is 9. The molecule has 49 heavy (non-hydrogen) atoms. The monoisotopic (exact) mass is 664 g/mol. The van der Waals surface area contributed by atoms with E-state index in [1.54, 1.807) is 19.5 Å². The van der Waals surface area contributed by atoms with Crippen molar-refractivity contribution in [3.05, 3.63) is 76.6 Å². The summed E-state index contributed by atoms with van der Waals surface area (Å²) in [7, 11) is 1.59. The Hall–Kier alpha value is -4.77. The molecule has 0 radical (unpaired) electrons.